The van der Waals surface area contributed by atoms with Crippen molar-refractivity contribution < 1.29 is 14.3 Å². The molecule has 1 aromatic carbocycles. The lowest BCUT2D eigenvalue weighted by Gasteiger charge is -2.33. The largest absolute Gasteiger partial charge is 0.444 e. The van der Waals surface area contributed by atoms with Crippen molar-refractivity contribution in [3.63, 3.8) is 0 Å². The Balaban J connectivity index is 1.78. The van der Waals surface area contributed by atoms with Crippen molar-refractivity contribution >= 4 is 22.9 Å². The molecule has 0 unspecified atom stereocenters. The second-order valence-corrected chi connectivity index (χ2v) is 7.79. The Hall–Kier alpha value is -2.57. The lowest BCUT2D eigenvalue weighted by molar-refractivity contribution is 0.0184. The molecule has 0 saturated carbocycles. The number of fused-ring (bicyclic) bond motifs is 1. The first-order chi connectivity index (χ1) is 12.2. The Kier molecular flexibility index (Phi) is 4.64. The molecule has 0 spiro atoms. The molecule has 1 aromatic heterocycles. The summed E-state index contributed by atoms with van der Waals surface area (Å²) in [6, 6.07) is 5.66. The van der Waals surface area contributed by atoms with E-state index in [1.165, 1.54) is 0 Å². The van der Waals surface area contributed by atoms with E-state index < -0.39 is 11.5 Å². The third-order valence-corrected chi connectivity index (χ3v) is 4.70. The molecule has 0 radical (unpaired) electrons. The van der Waals surface area contributed by atoms with Crippen LogP contribution in [0.15, 0.2) is 18.2 Å². The number of likely N-dealkylation sites (tertiary alicyclic amines) is 1. The monoisotopic (exact) mass is 358 g/mol. The SMILES string of the molecule is Cc1c2cccc(C(N)=O)c2nn1C1CCN(C(=O)OC(C)(C)C)CC1. The molecule has 0 atom stereocenters. The minimum absolute atomic E-state index is 0.182. The van der Waals surface area contributed by atoms with Crippen LogP contribution in [0, 0.1) is 6.92 Å². The van der Waals surface area contributed by atoms with Gasteiger partial charge in [0.2, 0.25) is 0 Å². The molecule has 140 valence electrons. The van der Waals surface area contributed by atoms with Crippen LogP contribution >= 0.6 is 0 Å². The van der Waals surface area contributed by atoms with Gasteiger partial charge in [-0.1, -0.05) is 12.1 Å². The van der Waals surface area contributed by atoms with Crippen molar-refractivity contribution in [2.75, 3.05) is 13.1 Å². The highest BCUT2D eigenvalue weighted by atomic mass is 16.6. The zero-order valence-electron chi connectivity index (χ0n) is 15.8. The molecule has 1 saturated heterocycles. The quantitative estimate of drug-likeness (QED) is 0.893. The van der Waals surface area contributed by atoms with Crippen LogP contribution in [0.4, 0.5) is 4.79 Å². The summed E-state index contributed by atoms with van der Waals surface area (Å²) in [5.74, 6) is -0.472. The maximum Gasteiger partial charge on any atom is 0.410 e. The normalized spacial score (nSPS) is 16.1. The van der Waals surface area contributed by atoms with E-state index in [2.05, 4.69) is 5.10 Å². The van der Waals surface area contributed by atoms with Gasteiger partial charge in [0.1, 0.15) is 11.1 Å². The number of ether oxygens (including phenoxy) is 1. The predicted octanol–water partition coefficient (Wildman–Crippen LogP) is 3.02. The van der Waals surface area contributed by atoms with Gasteiger partial charge in [-0.15, -0.1) is 0 Å². The van der Waals surface area contributed by atoms with Crippen molar-refractivity contribution in [2.24, 2.45) is 5.73 Å². The van der Waals surface area contributed by atoms with E-state index in [1.807, 2.05) is 44.5 Å². The summed E-state index contributed by atoms with van der Waals surface area (Å²) in [5.41, 5.74) is 7.08. The fourth-order valence-corrected chi connectivity index (χ4v) is 3.42. The van der Waals surface area contributed by atoms with E-state index in [9.17, 15) is 9.59 Å². The van der Waals surface area contributed by atoms with Crippen LogP contribution in [0.25, 0.3) is 10.9 Å². The van der Waals surface area contributed by atoms with E-state index >= 15 is 0 Å². The molecule has 3 rings (SSSR count). The average molecular weight is 358 g/mol. The van der Waals surface area contributed by atoms with Gasteiger partial charge in [0, 0.05) is 24.2 Å². The standard InChI is InChI=1S/C19H26N4O3/c1-12-14-6-5-7-15(17(20)24)16(14)21-23(12)13-8-10-22(11-9-13)18(25)26-19(2,3)4/h5-7,13H,8-11H2,1-4H3,(H2,20,24). The van der Waals surface area contributed by atoms with E-state index in [0.717, 1.165) is 23.9 Å². The fourth-order valence-electron chi connectivity index (χ4n) is 3.42. The molecule has 7 nitrogen and oxygen atoms in total. The van der Waals surface area contributed by atoms with Crippen LogP contribution in [-0.2, 0) is 4.74 Å². The number of nitrogens with zero attached hydrogens (tertiary/aromatic N) is 3. The molecule has 1 aliphatic heterocycles. The highest BCUT2D eigenvalue weighted by Gasteiger charge is 2.29. The number of hydrogen-bond donors (Lipinski definition) is 1. The molecule has 0 aliphatic carbocycles. The average Bonchev–Trinajstić information content (AvgIpc) is 2.90. The summed E-state index contributed by atoms with van der Waals surface area (Å²) in [6.07, 6.45) is 1.31. The van der Waals surface area contributed by atoms with Crippen molar-refractivity contribution in [3.8, 4) is 0 Å². The zero-order chi connectivity index (χ0) is 19.1. The minimum atomic E-state index is -0.491. The summed E-state index contributed by atoms with van der Waals surface area (Å²) in [6.45, 7) is 8.85. The Morgan fingerprint density at radius 3 is 2.46 bits per heavy atom. The molecule has 2 heterocycles. The van der Waals surface area contributed by atoms with Gasteiger partial charge in [-0.3, -0.25) is 9.48 Å². The van der Waals surface area contributed by atoms with Crippen LogP contribution in [0.1, 0.15) is 55.7 Å². The van der Waals surface area contributed by atoms with E-state index in [1.54, 1.807) is 11.0 Å². The van der Waals surface area contributed by atoms with Gasteiger partial charge in [0.05, 0.1) is 11.6 Å². The van der Waals surface area contributed by atoms with Gasteiger partial charge in [-0.25, -0.2) is 4.79 Å². The number of rotatable bonds is 2. The van der Waals surface area contributed by atoms with Gasteiger partial charge in [-0.05, 0) is 46.6 Å². The van der Waals surface area contributed by atoms with Gasteiger partial charge >= 0.3 is 6.09 Å². The van der Waals surface area contributed by atoms with Crippen LogP contribution in [0.3, 0.4) is 0 Å². The van der Waals surface area contributed by atoms with Crippen molar-refractivity contribution in [3.05, 3.63) is 29.5 Å². The van der Waals surface area contributed by atoms with E-state index in [-0.39, 0.29) is 12.1 Å². The second-order valence-electron chi connectivity index (χ2n) is 7.79. The number of carbonyl (C=O) groups excluding carboxylic acids is 2. The van der Waals surface area contributed by atoms with Crippen molar-refractivity contribution in [1.82, 2.24) is 14.7 Å². The lowest BCUT2D eigenvalue weighted by atomic mass is 10.0. The van der Waals surface area contributed by atoms with Crippen molar-refractivity contribution in [2.45, 2.75) is 52.2 Å². The van der Waals surface area contributed by atoms with Gasteiger partial charge in [0.15, 0.2) is 0 Å². The number of aromatic nitrogens is 2. The molecule has 26 heavy (non-hydrogen) atoms. The molecular weight excluding hydrogens is 332 g/mol. The number of amides is 2. The lowest BCUT2D eigenvalue weighted by Crippen LogP contribution is -2.42. The third-order valence-electron chi connectivity index (χ3n) is 4.70. The van der Waals surface area contributed by atoms with Crippen LogP contribution in [0.2, 0.25) is 0 Å². The highest BCUT2D eigenvalue weighted by Crippen LogP contribution is 2.29. The van der Waals surface area contributed by atoms with Gasteiger partial charge < -0.3 is 15.4 Å². The first-order valence-electron chi connectivity index (χ1n) is 8.93. The molecule has 7 heteroatoms. The zero-order valence-corrected chi connectivity index (χ0v) is 15.8. The number of benzene rings is 1. The number of primary amides is 1. The third kappa shape index (κ3) is 3.52. The summed E-state index contributed by atoms with van der Waals surface area (Å²) in [7, 11) is 0. The summed E-state index contributed by atoms with van der Waals surface area (Å²) in [4.78, 5) is 25.6. The summed E-state index contributed by atoms with van der Waals surface area (Å²) >= 11 is 0. The molecule has 1 fully saturated rings. The maximum atomic E-state index is 12.2. The van der Waals surface area contributed by atoms with Gasteiger partial charge in [0.25, 0.3) is 5.91 Å². The second kappa shape index (κ2) is 6.63. The van der Waals surface area contributed by atoms with E-state index in [0.29, 0.717) is 24.2 Å². The molecule has 0 bridgehead atoms. The topological polar surface area (TPSA) is 90.5 Å². The minimum Gasteiger partial charge on any atom is -0.444 e. The van der Waals surface area contributed by atoms with Crippen LogP contribution in [0.5, 0.6) is 0 Å². The smallest absolute Gasteiger partial charge is 0.410 e. The Labute approximate surface area is 153 Å². The number of hydrogen-bond acceptors (Lipinski definition) is 4. The Bertz CT molecular complexity index is 842. The summed E-state index contributed by atoms with van der Waals surface area (Å²) in [5, 5.41) is 5.61. The molecule has 2 N–H and O–H groups in total. The molecule has 1 aliphatic rings. The first-order valence-corrected chi connectivity index (χ1v) is 8.93. The Morgan fingerprint density at radius 1 is 1.23 bits per heavy atom. The van der Waals surface area contributed by atoms with Gasteiger partial charge in [-0.2, -0.15) is 5.10 Å². The maximum absolute atomic E-state index is 12.2. The van der Waals surface area contributed by atoms with Crippen LogP contribution < -0.4 is 5.73 Å². The van der Waals surface area contributed by atoms with Crippen LogP contribution in [-0.4, -0.2) is 45.4 Å². The molecule has 2 aromatic rings. The number of nitrogens with two attached hydrogens (primary N) is 1. The highest BCUT2D eigenvalue weighted by molar-refractivity contribution is 6.05. The predicted molar refractivity (Wildman–Crippen MR) is 99.1 cm³/mol. The first kappa shape index (κ1) is 18.2. The molecular formula is C19H26N4O3. The Morgan fingerprint density at radius 2 is 1.88 bits per heavy atom. The number of aryl methyl sites for hydroxylation is 1. The number of piperidine rings is 1. The summed E-state index contributed by atoms with van der Waals surface area (Å²) < 4.78 is 7.42. The fraction of sp³-hybridized carbons (Fsp3) is 0.526. The van der Waals surface area contributed by atoms with Crippen molar-refractivity contribution in [1.29, 1.82) is 0 Å². The number of carbonyl (C=O) groups is 2. The molecule has 2 amide bonds. The van der Waals surface area contributed by atoms with E-state index in [4.69, 9.17) is 10.5 Å².